The summed E-state index contributed by atoms with van der Waals surface area (Å²) in [7, 11) is 0. The second kappa shape index (κ2) is 9.00. The highest BCUT2D eigenvalue weighted by Gasteiger charge is 2.40. The van der Waals surface area contributed by atoms with Crippen LogP contribution in [0, 0.1) is 6.92 Å². The Kier molecular flexibility index (Phi) is 6.16. The van der Waals surface area contributed by atoms with Gasteiger partial charge in [0.25, 0.3) is 11.8 Å². The van der Waals surface area contributed by atoms with Crippen molar-refractivity contribution >= 4 is 46.6 Å². The molecule has 2 amide bonds. The van der Waals surface area contributed by atoms with Gasteiger partial charge < -0.3 is 5.32 Å². The van der Waals surface area contributed by atoms with Gasteiger partial charge in [0.05, 0.1) is 5.69 Å². The number of amides is 2. The molecule has 0 saturated heterocycles. The molecule has 3 aromatic carbocycles. The second-order valence-corrected chi connectivity index (χ2v) is 8.74. The average molecular weight is 449 g/mol. The monoisotopic (exact) mass is 448 g/mol. The summed E-state index contributed by atoms with van der Waals surface area (Å²) in [5.41, 5.74) is 3.72. The van der Waals surface area contributed by atoms with Gasteiger partial charge in [0.15, 0.2) is 0 Å². The molecule has 1 aliphatic rings. The van der Waals surface area contributed by atoms with E-state index in [9.17, 15) is 9.59 Å². The number of aryl methyl sites for hydroxylation is 2. The molecule has 0 fully saturated rings. The number of carbonyl (C=O) groups excluding carboxylic acids is 2. The van der Waals surface area contributed by atoms with Crippen LogP contribution in [0.2, 0.25) is 5.02 Å². The summed E-state index contributed by atoms with van der Waals surface area (Å²) in [6.07, 6.45) is 0.885. The zero-order chi connectivity index (χ0) is 22.0. The number of benzene rings is 3. The number of halogens is 1. The molecule has 6 heteroatoms. The first-order valence-electron chi connectivity index (χ1n) is 9.95. The van der Waals surface area contributed by atoms with Crippen LogP contribution < -0.4 is 10.2 Å². The van der Waals surface area contributed by atoms with E-state index in [0.717, 1.165) is 22.4 Å². The first kappa shape index (κ1) is 21.2. The standard InChI is InChI=1S/C25H21ClN2O2S/c1-3-17-9-11-20(12-10-17)28-24(29)22(27-19-6-4-5-18(26)15-19)23(25(28)30)31-21-13-7-16(2)8-14-21/h4-15,27H,3H2,1-2H3. The SMILES string of the molecule is CCc1ccc(N2C(=O)C(Nc3cccc(Cl)c3)=C(Sc3ccc(C)cc3)C2=O)cc1. The second-order valence-electron chi connectivity index (χ2n) is 7.22. The third kappa shape index (κ3) is 4.53. The van der Waals surface area contributed by atoms with Gasteiger partial charge in [-0.05, 0) is 61.4 Å². The quantitative estimate of drug-likeness (QED) is 0.456. The van der Waals surface area contributed by atoms with Crippen LogP contribution in [0.5, 0.6) is 0 Å². The highest BCUT2D eigenvalue weighted by molar-refractivity contribution is 8.04. The normalized spacial score (nSPS) is 13.8. The van der Waals surface area contributed by atoms with E-state index in [1.807, 2.05) is 61.5 Å². The van der Waals surface area contributed by atoms with Gasteiger partial charge in [0.2, 0.25) is 0 Å². The zero-order valence-electron chi connectivity index (χ0n) is 17.2. The number of nitrogens with one attached hydrogen (secondary N) is 1. The number of hydrogen-bond acceptors (Lipinski definition) is 4. The van der Waals surface area contributed by atoms with Crippen molar-refractivity contribution in [3.63, 3.8) is 0 Å². The third-order valence-corrected chi connectivity index (χ3v) is 6.30. The first-order valence-corrected chi connectivity index (χ1v) is 11.1. The molecule has 31 heavy (non-hydrogen) atoms. The molecule has 4 rings (SSSR count). The fraction of sp³-hybridized carbons (Fsp3) is 0.120. The Morgan fingerprint density at radius 1 is 0.935 bits per heavy atom. The van der Waals surface area contributed by atoms with Crippen LogP contribution in [0.4, 0.5) is 11.4 Å². The van der Waals surface area contributed by atoms with Crippen molar-refractivity contribution in [2.45, 2.75) is 25.2 Å². The van der Waals surface area contributed by atoms with E-state index in [4.69, 9.17) is 11.6 Å². The van der Waals surface area contributed by atoms with E-state index in [-0.39, 0.29) is 17.5 Å². The lowest BCUT2D eigenvalue weighted by Crippen LogP contribution is -2.32. The molecule has 0 saturated carbocycles. The van der Waals surface area contributed by atoms with Crippen LogP contribution >= 0.6 is 23.4 Å². The minimum absolute atomic E-state index is 0.248. The molecular weight excluding hydrogens is 428 g/mol. The molecule has 3 aromatic rings. The summed E-state index contributed by atoms with van der Waals surface area (Å²) < 4.78 is 0. The van der Waals surface area contributed by atoms with Gasteiger partial charge in [0, 0.05) is 15.6 Å². The lowest BCUT2D eigenvalue weighted by atomic mass is 10.1. The number of imide groups is 1. The Morgan fingerprint density at radius 2 is 1.65 bits per heavy atom. The van der Waals surface area contributed by atoms with Gasteiger partial charge in [-0.25, -0.2) is 4.90 Å². The van der Waals surface area contributed by atoms with E-state index >= 15 is 0 Å². The molecule has 0 spiro atoms. The summed E-state index contributed by atoms with van der Waals surface area (Å²) in [6.45, 7) is 4.07. The highest BCUT2D eigenvalue weighted by Crippen LogP contribution is 2.38. The fourth-order valence-electron chi connectivity index (χ4n) is 3.26. The van der Waals surface area contributed by atoms with Gasteiger partial charge in [-0.1, -0.05) is 66.2 Å². The van der Waals surface area contributed by atoms with Crippen molar-refractivity contribution in [3.05, 3.63) is 99.5 Å². The largest absolute Gasteiger partial charge is 0.350 e. The molecule has 156 valence electrons. The van der Waals surface area contributed by atoms with Crippen molar-refractivity contribution in [1.29, 1.82) is 0 Å². The Bertz CT molecular complexity index is 1170. The molecule has 1 heterocycles. The van der Waals surface area contributed by atoms with E-state index in [0.29, 0.717) is 21.3 Å². The van der Waals surface area contributed by atoms with Crippen LogP contribution in [0.25, 0.3) is 0 Å². The molecule has 1 aliphatic heterocycles. The molecule has 0 aliphatic carbocycles. The molecule has 0 bridgehead atoms. The molecule has 0 atom stereocenters. The Hall–Kier alpha value is -3.02. The first-order chi connectivity index (χ1) is 15.0. The Balaban J connectivity index is 1.73. The van der Waals surface area contributed by atoms with Crippen molar-refractivity contribution < 1.29 is 9.59 Å². The highest BCUT2D eigenvalue weighted by atomic mass is 35.5. The van der Waals surface area contributed by atoms with E-state index in [1.54, 1.807) is 18.2 Å². The van der Waals surface area contributed by atoms with Gasteiger partial charge in [-0.3, -0.25) is 9.59 Å². The van der Waals surface area contributed by atoms with E-state index in [2.05, 4.69) is 12.2 Å². The van der Waals surface area contributed by atoms with Crippen LogP contribution in [-0.2, 0) is 16.0 Å². The van der Waals surface area contributed by atoms with Crippen molar-refractivity contribution in [2.75, 3.05) is 10.2 Å². The maximum absolute atomic E-state index is 13.4. The van der Waals surface area contributed by atoms with Gasteiger partial charge in [0.1, 0.15) is 10.6 Å². The summed E-state index contributed by atoms with van der Waals surface area (Å²) in [5, 5.41) is 3.67. The van der Waals surface area contributed by atoms with Crippen LogP contribution in [-0.4, -0.2) is 11.8 Å². The fourth-order valence-corrected chi connectivity index (χ4v) is 4.38. The van der Waals surface area contributed by atoms with E-state index in [1.165, 1.54) is 16.7 Å². The van der Waals surface area contributed by atoms with Gasteiger partial charge in [-0.15, -0.1) is 0 Å². The average Bonchev–Trinajstić information content (AvgIpc) is 2.99. The molecule has 0 radical (unpaired) electrons. The molecular formula is C25H21ClN2O2S. The van der Waals surface area contributed by atoms with Crippen molar-refractivity contribution in [3.8, 4) is 0 Å². The van der Waals surface area contributed by atoms with E-state index < -0.39 is 0 Å². The van der Waals surface area contributed by atoms with Crippen LogP contribution in [0.1, 0.15) is 18.1 Å². The Labute approximate surface area is 190 Å². The van der Waals surface area contributed by atoms with Crippen molar-refractivity contribution in [1.82, 2.24) is 0 Å². The summed E-state index contributed by atoms with van der Waals surface area (Å²) >= 11 is 7.39. The van der Waals surface area contributed by atoms with Crippen LogP contribution in [0.3, 0.4) is 0 Å². The lowest BCUT2D eigenvalue weighted by Gasteiger charge is -2.15. The number of rotatable bonds is 6. The number of nitrogens with zero attached hydrogens (tertiary/aromatic N) is 1. The zero-order valence-corrected chi connectivity index (χ0v) is 18.8. The molecule has 1 N–H and O–H groups in total. The number of thioether (sulfide) groups is 1. The summed E-state index contributed by atoms with van der Waals surface area (Å²) in [4.78, 5) is 29.2. The lowest BCUT2D eigenvalue weighted by molar-refractivity contribution is -0.120. The maximum atomic E-state index is 13.4. The third-order valence-electron chi connectivity index (χ3n) is 4.98. The summed E-state index contributed by atoms with van der Waals surface area (Å²) in [6, 6.07) is 22.4. The number of carbonyl (C=O) groups is 2. The van der Waals surface area contributed by atoms with Crippen LogP contribution in [0.15, 0.2) is 88.3 Å². The van der Waals surface area contributed by atoms with Gasteiger partial charge in [-0.2, -0.15) is 0 Å². The smallest absolute Gasteiger partial charge is 0.283 e. The maximum Gasteiger partial charge on any atom is 0.283 e. The number of anilines is 2. The van der Waals surface area contributed by atoms with Crippen molar-refractivity contribution in [2.24, 2.45) is 0 Å². The van der Waals surface area contributed by atoms with Gasteiger partial charge >= 0.3 is 0 Å². The molecule has 0 unspecified atom stereocenters. The predicted molar refractivity (Wildman–Crippen MR) is 127 cm³/mol. The number of hydrogen-bond donors (Lipinski definition) is 1. The minimum atomic E-state index is -0.385. The Morgan fingerprint density at radius 3 is 2.29 bits per heavy atom. The predicted octanol–water partition coefficient (Wildman–Crippen LogP) is 6.20. The minimum Gasteiger partial charge on any atom is -0.350 e. The molecule has 4 nitrogen and oxygen atoms in total. The molecule has 0 aromatic heterocycles. The summed E-state index contributed by atoms with van der Waals surface area (Å²) in [5.74, 6) is -0.729. The topological polar surface area (TPSA) is 49.4 Å².